The Hall–Kier alpha value is -5.77. The van der Waals surface area contributed by atoms with Gasteiger partial charge in [0, 0.05) is 27.7 Å². The molecular formula is C43H28N2S. The minimum absolute atomic E-state index is 1.05. The first kappa shape index (κ1) is 26.6. The van der Waals surface area contributed by atoms with E-state index in [9.17, 15) is 0 Å². The molecule has 0 unspecified atom stereocenters. The van der Waals surface area contributed by atoms with E-state index in [0.717, 1.165) is 22.6 Å². The number of nitrogens with zero attached hydrogens (tertiary/aromatic N) is 2. The molecule has 0 bridgehead atoms. The van der Waals surface area contributed by atoms with Crippen LogP contribution in [0.2, 0.25) is 0 Å². The van der Waals surface area contributed by atoms with Crippen LogP contribution >= 0.6 is 11.3 Å². The fourth-order valence-corrected chi connectivity index (χ4v) is 7.66. The summed E-state index contributed by atoms with van der Waals surface area (Å²) in [6.07, 6.45) is 1.90. The van der Waals surface area contributed by atoms with Crippen molar-refractivity contribution < 1.29 is 0 Å². The number of fused-ring (bicyclic) bond motifs is 5. The van der Waals surface area contributed by atoms with Crippen molar-refractivity contribution in [3.8, 4) is 22.3 Å². The molecule has 0 radical (unpaired) electrons. The molecule has 0 atom stereocenters. The van der Waals surface area contributed by atoms with Crippen molar-refractivity contribution in [3.05, 3.63) is 170 Å². The minimum Gasteiger partial charge on any atom is -0.310 e. The summed E-state index contributed by atoms with van der Waals surface area (Å²) in [6.45, 7) is 0. The summed E-state index contributed by atoms with van der Waals surface area (Å²) >= 11 is 1.80. The Kier molecular flexibility index (Phi) is 6.36. The molecule has 216 valence electrons. The summed E-state index contributed by atoms with van der Waals surface area (Å²) in [4.78, 5) is 7.21. The molecule has 46 heavy (non-hydrogen) atoms. The van der Waals surface area contributed by atoms with Crippen LogP contribution in [-0.4, -0.2) is 4.98 Å². The summed E-state index contributed by atoms with van der Waals surface area (Å²) in [5.41, 5.74) is 9.20. The Morgan fingerprint density at radius 3 is 1.52 bits per heavy atom. The van der Waals surface area contributed by atoms with Gasteiger partial charge in [0.25, 0.3) is 0 Å². The van der Waals surface area contributed by atoms with Crippen LogP contribution in [0, 0.1) is 0 Å². The van der Waals surface area contributed by atoms with E-state index in [1.54, 1.807) is 11.3 Å². The van der Waals surface area contributed by atoms with Gasteiger partial charge in [0.2, 0.25) is 0 Å². The highest BCUT2D eigenvalue weighted by Gasteiger charge is 2.19. The number of thiophene rings is 1. The molecule has 0 fully saturated rings. The largest absolute Gasteiger partial charge is 0.310 e. The molecule has 2 heterocycles. The van der Waals surface area contributed by atoms with Gasteiger partial charge in [0.1, 0.15) is 0 Å². The molecule has 0 saturated carbocycles. The molecule has 9 rings (SSSR count). The van der Waals surface area contributed by atoms with Crippen molar-refractivity contribution in [2.75, 3.05) is 4.90 Å². The van der Waals surface area contributed by atoms with Crippen molar-refractivity contribution >= 4 is 70.2 Å². The molecule has 0 N–H and O–H groups in total. The van der Waals surface area contributed by atoms with E-state index >= 15 is 0 Å². The lowest BCUT2D eigenvalue weighted by molar-refractivity contribution is 1.30. The zero-order chi connectivity index (χ0) is 30.5. The first-order valence-electron chi connectivity index (χ1n) is 15.5. The first-order chi connectivity index (χ1) is 22.8. The third kappa shape index (κ3) is 4.61. The van der Waals surface area contributed by atoms with Gasteiger partial charge in [0.15, 0.2) is 0 Å². The predicted molar refractivity (Wildman–Crippen MR) is 198 cm³/mol. The Morgan fingerprint density at radius 2 is 0.935 bits per heavy atom. The molecule has 0 aliphatic rings. The van der Waals surface area contributed by atoms with Crippen molar-refractivity contribution in [2.45, 2.75) is 0 Å². The molecule has 9 aromatic rings. The highest BCUT2D eigenvalue weighted by atomic mass is 32.1. The standard InChI is InChI=1S/C43H28N2S/c1-3-9-33-27-35(16-14-29(33)7-1)31-18-22-37(23-19-31)45(39-11-5-12-40-42(39)43-41(46-40)13-6-26-44-43)38-24-20-32(21-25-38)36-17-15-30-8-2-4-10-34(30)28-36/h1-28H. The van der Waals surface area contributed by atoms with Crippen LogP contribution in [0.3, 0.4) is 0 Å². The number of anilines is 3. The van der Waals surface area contributed by atoms with E-state index in [1.165, 1.54) is 58.6 Å². The van der Waals surface area contributed by atoms with Gasteiger partial charge in [-0.2, -0.15) is 0 Å². The molecule has 2 nitrogen and oxygen atoms in total. The number of rotatable bonds is 5. The Bertz CT molecular complexity index is 2410. The smallest absolute Gasteiger partial charge is 0.0909 e. The normalized spacial score (nSPS) is 11.5. The Morgan fingerprint density at radius 1 is 0.413 bits per heavy atom. The third-order valence-corrected chi connectivity index (χ3v) is 10.00. The van der Waals surface area contributed by atoms with Crippen molar-refractivity contribution in [3.63, 3.8) is 0 Å². The molecule has 2 aromatic heterocycles. The maximum absolute atomic E-state index is 4.84. The van der Waals surface area contributed by atoms with E-state index in [2.05, 4.69) is 163 Å². The quantitative estimate of drug-likeness (QED) is 0.194. The van der Waals surface area contributed by atoms with Gasteiger partial charge >= 0.3 is 0 Å². The Labute approximate surface area is 271 Å². The lowest BCUT2D eigenvalue weighted by Gasteiger charge is -2.27. The predicted octanol–water partition coefficient (Wildman–Crippen LogP) is 12.6. The second-order valence-corrected chi connectivity index (χ2v) is 12.7. The van der Waals surface area contributed by atoms with Crippen molar-refractivity contribution in [1.82, 2.24) is 4.98 Å². The van der Waals surface area contributed by atoms with E-state index in [4.69, 9.17) is 4.98 Å². The van der Waals surface area contributed by atoms with Crippen LogP contribution < -0.4 is 4.90 Å². The number of pyridine rings is 1. The summed E-state index contributed by atoms with van der Waals surface area (Å²) in [5, 5.41) is 6.19. The summed E-state index contributed by atoms with van der Waals surface area (Å²) in [7, 11) is 0. The van der Waals surface area contributed by atoms with E-state index in [0.29, 0.717) is 0 Å². The highest BCUT2D eigenvalue weighted by Crippen LogP contribution is 2.44. The van der Waals surface area contributed by atoms with Crippen LogP contribution in [0.4, 0.5) is 17.1 Å². The topological polar surface area (TPSA) is 16.1 Å². The molecule has 0 spiro atoms. The van der Waals surface area contributed by atoms with Crippen LogP contribution in [0.15, 0.2) is 170 Å². The van der Waals surface area contributed by atoms with Gasteiger partial charge in [-0.3, -0.25) is 4.98 Å². The molecule has 0 aliphatic heterocycles. The van der Waals surface area contributed by atoms with Gasteiger partial charge in [0.05, 0.1) is 15.9 Å². The maximum atomic E-state index is 4.84. The van der Waals surface area contributed by atoms with Crippen LogP contribution in [-0.2, 0) is 0 Å². The fraction of sp³-hybridized carbons (Fsp3) is 0. The highest BCUT2D eigenvalue weighted by molar-refractivity contribution is 7.25. The summed E-state index contributed by atoms with van der Waals surface area (Å²) in [6, 6.07) is 59.1. The van der Waals surface area contributed by atoms with Crippen LogP contribution in [0.1, 0.15) is 0 Å². The van der Waals surface area contributed by atoms with E-state index < -0.39 is 0 Å². The minimum atomic E-state index is 1.05. The van der Waals surface area contributed by atoms with Crippen molar-refractivity contribution in [2.24, 2.45) is 0 Å². The number of hydrogen-bond donors (Lipinski definition) is 0. The van der Waals surface area contributed by atoms with Crippen molar-refractivity contribution in [1.29, 1.82) is 0 Å². The lowest BCUT2D eigenvalue weighted by atomic mass is 10.00. The van der Waals surface area contributed by atoms with Gasteiger partial charge in [-0.05, 0) is 104 Å². The zero-order valence-electron chi connectivity index (χ0n) is 25.0. The average molecular weight is 605 g/mol. The maximum Gasteiger partial charge on any atom is 0.0909 e. The number of aromatic nitrogens is 1. The average Bonchev–Trinajstić information content (AvgIpc) is 3.51. The van der Waals surface area contributed by atoms with E-state index in [1.807, 2.05) is 12.3 Å². The SMILES string of the molecule is c1ccc2cc(-c3ccc(N(c4ccc(-c5ccc6ccccc6c5)cc4)c4cccc5sc6cccnc6c45)cc3)ccc2c1. The second kappa shape index (κ2) is 11.0. The zero-order valence-corrected chi connectivity index (χ0v) is 25.8. The molecular weight excluding hydrogens is 577 g/mol. The van der Waals surface area contributed by atoms with E-state index in [-0.39, 0.29) is 0 Å². The number of hydrogen-bond acceptors (Lipinski definition) is 3. The van der Waals surface area contributed by atoms with Gasteiger partial charge in [-0.15, -0.1) is 11.3 Å². The lowest BCUT2D eigenvalue weighted by Crippen LogP contribution is -2.10. The number of benzene rings is 7. The molecule has 3 heteroatoms. The monoisotopic (exact) mass is 604 g/mol. The molecule has 0 aliphatic carbocycles. The Balaban J connectivity index is 1.17. The first-order valence-corrected chi connectivity index (χ1v) is 16.4. The fourth-order valence-electron chi connectivity index (χ4n) is 6.58. The van der Waals surface area contributed by atoms with Gasteiger partial charge in [-0.25, -0.2) is 0 Å². The van der Waals surface area contributed by atoms with Crippen LogP contribution in [0.5, 0.6) is 0 Å². The van der Waals surface area contributed by atoms with Crippen LogP contribution in [0.25, 0.3) is 64.1 Å². The summed E-state index contributed by atoms with van der Waals surface area (Å²) in [5.74, 6) is 0. The second-order valence-electron chi connectivity index (χ2n) is 11.7. The molecule has 7 aromatic carbocycles. The molecule has 0 amide bonds. The summed E-state index contributed by atoms with van der Waals surface area (Å²) < 4.78 is 2.43. The van der Waals surface area contributed by atoms with Gasteiger partial charge < -0.3 is 4.90 Å². The third-order valence-electron chi connectivity index (χ3n) is 8.89. The molecule has 0 saturated heterocycles. The van der Waals surface area contributed by atoms with Gasteiger partial charge in [-0.1, -0.05) is 103 Å².